The van der Waals surface area contributed by atoms with E-state index in [2.05, 4.69) is 18.8 Å². The number of likely N-dealkylation sites (N-methyl/N-ethyl adjacent to an activating group) is 1. The molecule has 0 aliphatic carbocycles. The van der Waals surface area contributed by atoms with Gasteiger partial charge in [0.05, 0.1) is 19.9 Å². The largest absolute Gasteiger partial charge is 0.383 e. The standard InChI is InChI=1S/C11H18ClN3O2.C3H8.C2H6/c1-9-7-10(8-13-11(9)12)15(17-4)14(2)5-6-16-3;1-3-2;1-2/h7-8H,5-6H2,1-4H3;3H2,1-2H3;1-2H3. The third kappa shape index (κ3) is 9.20. The number of ether oxygens (including phenoxy) is 1. The van der Waals surface area contributed by atoms with E-state index in [-0.39, 0.29) is 0 Å². The first-order chi connectivity index (χ1) is 10.5. The summed E-state index contributed by atoms with van der Waals surface area (Å²) in [5, 5.41) is 4.05. The van der Waals surface area contributed by atoms with Crippen molar-refractivity contribution in [3.63, 3.8) is 0 Å². The fourth-order valence-corrected chi connectivity index (χ4v) is 1.51. The highest BCUT2D eigenvalue weighted by Gasteiger charge is 2.13. The molecule has 1 aromatic heterocycles. The number of aryl methyl sites for hydroxylation is 1. The highest BCUT2D eigenvalue weighted by atomic mass is 35.5. The van der Waals surface area contributed by atoms with Crippen molar-refractivity contribution in [2.24, 2.45) is 0 Å². The molecule has 0 saturated heterocycles. The second kappa shape index (κ2) is 15.0. The van der Waals surface area contributed by atoms with Crippen molar-refractivity contribution >= 4 is 17.3 Å². The van der Waals surface area contributed by atoms with Gasteiger partial charge in [0, 0.05) is 20.7 Å². The predicted molar refractivity (Wildman–Crippen MR) is 95.3 cm³/mol. The number of hydrogen-bond donors (Lipinski definition) is 0. The maximum absolute atomic E-state index is 5.89. The van der Waals surface area contributed by atoms with Crippen molar-refractivity contribution in [2.75, 3.05) is 39.6 Å². The van der Waals surface area contributed by atoms with Gasteiger partial charge in [-0.05, 0) is 18.6 Å². The van der Waals surface area contributed by atoms with E-state index in [1.807, 2.05) is 38.9 Å². The summed E-state index contributed by atoms with van der Waals surface area (Å²) < 4.78 is 5.03. The second-order valence-electron chi connectivity index (χ2n) is 4.34. The van der Waals surface area contributed by atoms with Crippen LogP contribution >= 0.6 is 11.6 Å². The molecule has 5 nitrogen and oxygen atoms in total. The Morgan fingerprint density at radius 1 is 1.23 bits per heavy atom. The van der Waals surface area contributed by atoms with Crippen LogP contribution in [0.4, 0.5) is 5.69 Å². The van der Waals surface area contributed by atoms with Crippen LogP contribution in [0, 0.1) is 6.92 Å². The molecule has 0 unspecified atom stereocenters. The maximum atomic E-state index is 5.89. The predicted octanol–water partition coefficient (Wildman–Crippen LogP) is 4.35. The van der Waals surface area contributed by atoms with Gasteiger partial charge in [-0.3, -0.25) is 4.84 Å². The van der Waals surface area contributed by atoms with Gasteiger partial charge in [-0.25, -0.2) is 4.98 Å². The summed E-state index contributed by atoms with van der Waals surface area (Å²) in [7, 11) is 5.18. The number of nitrogens with zero attached hydrogens (tertiary/aromatic N) is 3. The van der Waals surface area contributed by atoms with Gasteiger partial charge in [0.25, 0.3) is 0 Å². The Hall–Kier alpha value is -0.880. The normalized spacial score (nSPS) is 9.55. The minimum absolute atomic E-state index is 0.504. The summed E-state index contributed by atoms with van der Waals surface area (Å²) in [4.78, 5) is 9.41. The van der Waals surface area contributed by atoms with E-state index < -0.39 is 0 Å². The summed E-state index contributed by atoms with van der Waals surface area (Å²) in [6, 6.07) is 1.92. The molecule has 0 N–H and O–H groups in total. The molecule has 0 aliphatic heterocycles. The number of methoxy groups -OCH3 is 1. The van der Waals surface area contributed by atoms with Gasteiger partial charge in [0.1, 0.15) is 10.8 Å². The van der Waals surface area contributed by atoms with Crippen LogP contribution in [0.2, 0.25) is 5.15 Å². The van der Waals surface area contributed by atoms with E-state index in [0.29, 0.717) is 18.3 Å². The number of anilines is 1. The zero-order chi connectivity index (χ0) is 17.5. The lowest BCUT2D eigenvalue weighted by Gasteiger charge is -2.30. The molecule has 0 spiro atoms. The number of hydrogen-bond acceptors (Lipinski definition) is 5. The lowest BCUT2D eigenvalue weighted by atomic mass is 10.3. The molecule has 22 heavy (non-hydrogen) atoms. The third-order valence-corrected chi connectivity index (χ3v) is 2.72. The second-order valence-corrected chi connectivity index (χ2v) is 4.70. The molecule has 0 aliphatic rings. The first-order valence-corrected chi connectivity index (χ1v) is 8.05. The van der Waals surface area contributed by atoms with Crippen molar-refractivity contribution in [1.29, 1.82) is 0 Å². The van der Waals surface area contributed by atoms with Crippen LogP contribution in [-0.4, -0.2) is 44.4 Å². The first kappa shape index (κ1) is 23.4. The molecular weight excluding hydrogens is 302 g/mol. The molecule has 0 fully saturated rings. The maximum Gasteiger partial charge on any atom is 0.132 e. The highest BCUT2D eigenvalue weighted by Crippen LogP contribution is 2.20. The van der Waals surface area contributed by atoms with Crippen molar-refractivity contribution in [2.45, 2.75) is 41.0 Å². The lowest BCUT2D eigenvalue weighted by Crippen LogP contribution is -2.41. The monoisotopic (exact) mass is 333 g/mol. The van der Waals surface area contributed by atoms with Crippen LogP contribution in [0.3, 0.4) is 0 Å². The number of halogens is 1. The van der Waals surface area contributed by atoms with E-state index >= 15 is 0 Å². The lowest BCUT2D eigenvalue weighted by molar-refractivity contribution is 0.0266. The average Bonchev–Trinajstić information content (AvgIpc) is 2.52. The molecule has 6 heteroatoms. The molecule has 1 heterocycles. The summed E-state index contributed by atoms with van der Waals surface area (Å²) in [6.07, 6.45) is 2.92. The Balaban J connectivity index is 0. The molecule has 0 saturated carbocycles. The molecule has 0 radical (unpaired) electrons. The average molecular weight is 334 g/mol. The van der Waals surface area contributed by atoms with Gasteiger partial charge in [-0.1, -0.05) is 45.7 Å². The summed E-state index contributed by atoms with van der Waals surface area (Å²) >= 11 is 5.89. The molecule has 0 amide bonds. The Morgan fingerprint density at radius 2 is 1.77 bits per heavy atom. The summed E-state index contributed by atoms with van der Waals surface area (Å²) in [6.45, 7) is 11.5. The van der Waals surface area contributed by atoms with Crippen molar-refractivity contribution in [3.8, 4) is 0 Å². The number of hydrazine groups is 1. The molecule has 1 aromatic rings. The number of pyridine rings is 1. The molecule has 1 rings (SSSR count). The zero-order valence-corrected chi connectivity index (χ0v) is 16.1. The molecule has 0 aromatic carbocycles. The SMILES string of the molecule is CC.CCC.COCCN(C)N(OC)c1cnc(Cl)c(C)c1. The van der Waals surface area contributed by atoms with Gasteiger partial charge < -0.3 is 4.74 Å². The van der Waals surface area contributed by atoms with Crippen LogP contribution in [-0.2, 0) is 9.57 Å². The van der Waals surface area contributed by atoms with Gasteiger partial charge in [-0.2, -0.15) is 10.2 Å². The highest BCUT2D eigenvalue weighted by molar-refractivity contribution is 6.30. The van der Waals surface area contributed by atoms with Crippen molar-refractivity contribution in [1.82, 2.24) is 9.99 Å². The molecular formula is C16H32ClN3O2. The fraction of sp³-hybridized carbons (Fsp3) is 0.688. The van der Waals surface area contributed by atoms with E-state index in [4.69, 9.17) is 21.2 Å². The number of aromatic nitrogens is 1. The van der Waals surface area contributed by atoms with E-state index in [9.17, 15) is 0 Å². The molecule has 0 bridgehead atoms. The van der Waals surface area contributed by atoms with Gasteiger partial charge in [0.15, 0.2) is 0 Å². The van der Waals surface area contributed by atoms with E-state index in [1.54, 1.807) is 25.6 Å². The van der Waals surface area contributed by atoms with Crippen LogP contribution in [0.5, 0.6) is 0 Å². The third-order valence-electron chi connectivity index (χ3n) is 2.32. The van der Waals surface area contributed by atoms with Crippen LogP contribution in [0.15, 0.2) is 12.3 Å². The smallest absolute Gasteiger partial charge is 0.132 e. The van der Waals surface area contributed by atoms with Gasteiger partial charge >= 0.3 is 0 Å². The van der Waals surface area contributed by atoms with Gasteiger partial charge in [-0.15, -0.1) is 0 Å². The first-order valence-electron chi connectivity index (χ1n) is 7.68. The van der Waals surface area contributed by atoms with Crippen LogP contribution < -0.4 is 5.17 Å². The summed E-state index contributed by atoms with van der Waals surface area (Å²) in [5.41, 5.74) is 1.74. The Labute approximate surface area is 141 Å². The number of rotatable bonds is 6. The summed E-state index contributed by atoms with van der Waals surface area (Å²) in [5.74, 6) is 0. The minimum atomic E-state index is 0.504. The van der Waals surface area contributed by atoms with Crippen LogP contribution in [0.1, 0.15) is 39.7 Å². The van der Waals surface area contributed by atoms with Gasteiger partial charge in [0.2, 0.25) is 0 Å². The molecule has 0 atom stereocenters. The minimum Gasteiger partial charge on any atom is -0.383 e. The Bertz CT molecular complexity index is 378. The Morgan fingerprint density at radius 3 is 2.18 bits per heavy atom. The topological polar surface area (TPSA) is 37.8 Å². The quantitative estimate of drug-likeness (QED) is 0.571. The van der Waals surface area contributed by atoms with Crippen LogP contribution in [0.25, 0.3) is 0 Å². The van der Waals surface area contributed by atoms with E-state index in [1.165, 1.54) is 6.42 Å². The fourth-order valence-electron chi connectivity index (χ4n) is 1.40. The van der Waals surface area contributed by atoms with Crippen molar-refractivity contribution in [3.05, 3.63) is 23.0 Å². The zero-order valence-electron chi connectivity index (χ0n) is 15.3. The van der Waals surface area contributed by atoms with Crippen molar-refractivity contribution < 1.29 is 9.57 Å². The van der Waals surface area contributed by atoms with E-state index in [0.717, 1.165) is 11.3 Å². The Kier molecular flexibility index (Phi) is 16.0. The molecule has 130 valence electrons.